The smallest absolute Gasteiger partial charge is 0.0729 e. The third-order valence-electron chi connectivity index (χ3n) is 2.65. The second-order valence-electron chi connectivity index (χ2n) is 3.72. The summed E-state index contributed by atoms with van der Waals surface area (Å²) in [5, 5.41) is 0. The first-order valence-corrected chi connectivity index (χ1v) is 5.44. The molecule has 1 aliphatic heterocycles. The van der Waals surface area contributed by atoms with Gasteiger partial charge < -0.3 is 4.98 Å². The third-order valence-corrected chi connectivity index (χ3v) is 2.65. The average molecular weight is 221 g/mol. The summed E-state index contributed by atoms with van der Waals surface area (Å²) >= 11 is 0. The highest BCUT2D eigenvalue weighted by Gasteiger charge is 2.11. The van der Waals surface area contributed by atoms with Gasteiger partial charge in [-0.3, -0.25) is 9.98 Å². The van der Waals surface area contributed by atoms with Gasteiger partial charge in [-0.1, -0.05) is 0 Å². The second-order valence-corrected chi connectivity index (χ2v) is 3.72. The van der Waals surface area contributed by atoms with Gasteiger partial charge in [0, 0.05) is 36.1 Å². The molecule has 3 rings (SSSR count). The van der Waals surface area contributed by atoms with Crippen LogP contribution in [0.25, 0.3) is 5.57 Å². The van der Waals surface area contributed by atoms with Gasteiger partial charge in [0.25, 0.3) is 0 Å². The summed E-state index contributed by atoms with van der Waals surface area (Å²) in [5.41, 5.74) is 4.25. The van der Waals surface area contributed by atoms with Crippen molar-refractivity contribution in [2.45, 2.75) is 0 Å². The summed E-state index contributed by atoms with van der Waals surface area (Å²) in [6, 6.07) is 8.01. The van der Waals surface area contributed by atoms with E-state index in [2.05, 4.69) is 15.0 Å². The molecule has 1 N–H and O–H groups in total. The van der Waals surface area contributed by atoms with Crippen molar-refractivity contribution >= 4 is 11.8 Å². The van der Waals surface area contributed by atoms with Crippen LogP contribution in [0.4, 0.5) is 0 Å². The van der Waals surface area contributed by atoms with E-state index in [1.807, 2.05) is 42.6 Å². The van der Waals surface area contributed by atoms with E-state index in [9.17, 15) is 0 Å². The lowest BCUT2D eigenvalue weighted by atomic mass is 10.0. The van der Waals surface area contributed by atoms with Crippen molar-refractivity contribution in [3.05, 3.63) is 72.0 Å². The zero-order valence-corrected chi connectivity index (χ0v) is 9.17. The van der Waals surface area contributed by atoms with Gasteiger partial charge in [0.2, 0.25) is 0 Å². The van der Waals surface area contributed by atoms with Crippen LogP contribution in [0.5, 0.6) is 0 Å². The van der Waals surface area contributed by atoms with Gasteiger partial charge in [-0.25, -0.2) is 0 Å². The minimum Gasteiger partial charge on any atom is -0.361 e. The number of aromatic nitrogens is 2. The molecule has 0 radical (unpaired) electrons. The Balaban J connectivity index is 2.20. The summed E-state index contributed by atoms with van der Waals surface area (Å²) in [7, 11) is 0. The van der Waals surface area contributed by atoms with E-state index < -0.39 is 0 Å². The molecule has 17 heavy (non-hydrogen) atoms. The van der Waals surface area contributed by atoms with Gasteiger partial charge in [-0.2, -0.15) is 0 Å². The molecule has 0 fully saturated rings. The minimum atomic E-state index is 0.971. The van der Waals surface area contributed by atoms with E-state index in [0.717, 1.165) is 22.5 Å². The zero-order valence-electron chi connectivity index (χ0n) is 9.17. The molecule has 3 heterocycles. The minimum absolute atomic E-state index is 0.971. The monoisotopic (exact) mass is 221 g/mol. The summed E-state index contributed by atoms with van der Waals surface area (Å²) in [5.74, 6) is 0. The maximum absolute atomic E-state index is 4.37. The van der Waals surface area contributed by atoms with Gasteiger partial charge in [0.1, 0.15) is 0 Å². The number of aromatic amines is 1. The number of nitrogens with one attached hydrogen (secondary N) is 1. The van der Waals surface area contributed by atoms with Crippen LogP contribution in [0.1, 0.15) is 11.3 Å². The summed E-state index contributed by atoms with van der Waals surface area (Å²) < 4.78 is 0. The van der Waals surface area contributed by atoms with E-state index in [0.29, 0.717) is 0 Å². The van der Waals surface area contributed by atoms with E-state index in [-0.39, 0.29) is 0 Å². The Morgan fingerprint density at radius 2 is 2.00 bits per heavy atom. The number of rotatable bonds is 2. The highest BCUT2D eigenvalue weighted by Crippen LogP contribution is 2.27. The number of H-pyrrole nitrogens is 1. The number of pyridine rings is 1. The van der Waals surface area contributed by atoms with Crippen LogP contribution in [0, 0.1) is 0 Å². The molecule has 0 atom stereocenters. The molecular formula is C14H11N3. The van der Waals surface area contributed by atoms with E-state index >= 15 is 0 Å². The Bertz CT molecular complexity index is 576. The lowest BCUT2D eigenvalue weighted by Gasteiger charge is -2.07. The molecule has 3 heteroatoms. The number of aliphatic imine (C=N–C) groups is 1. The maximum Gasteiger partial charge on any atom is 0.0729 e. The second kappa shape index (κ2) is 4.22. The van der Waals surface area contributed by atoms with Crippen LogP contribution in [0.3, 0.4) is 0 Å². The quantitative estimate of drug-likeness (QED) is 0.832. The van der Waals surface area contributed by atoms with Crippen molar-refractivity contribution < 1.29 is 0 Å². The van der Waals surface area contributed by atoms with E-state index in [4.69, 9.17) is 0 Å². The predicted octanol–water partition coefficient (Wildman–Crippen LogP) is 2.81. The van der Waals surface area contributed by atoms with Gasteiger partial charge in [-0.05, 0) is 42.0 Å². The molecule has 2 aromatic heterocycles. The standard InChI is InChI=1S/C14H11N3/c1-3-12(16-7-1)14(13-4-2-8-17-13)11-5-9-15-10-6-11/h1-10,16H. The summed E-state index contributed by atoms with van der Waals surface area (Å²) in [4.78, 5) is 11.6. The fourth-order valence-corrected chi connectivity index (χ4v) is 1.89. The van der Waals surface area contributed by atoms with Crippen molar-refractivity contribution in [1.82, 2.24) is 9.97 Å². The topological polar surface area (TPSA) is 41.0 Å². The number of hydrogen-bond acceptors (Lipinski definition) is 2. The molecule has 2 aromatic rings. The number of hydrogen-bond donors (Lipinski definition) is 1. The van der Waals surface area contributed by atoms with Crippen molar-refractivity contribution in [3.63, 3.8) is 0 Å². The molecule has 0 aliphatic carbocycles. The van der Waals surface area contributed by atoms with Gasteiger partial charge >= 0.3 is 0 Å². The molecule has 0 unspecified atom stereocenters. The Morgan fingerprint density at radius 3 is 2.65 bits per heavy atom. The van der Waals surface area contributed by atoms with Gasteiger partial charge in [0.15, 0.2) is 0 Å². The molecule has 0 saturated carbocycles. The van der Waals surface area contributed by atoms with E-state index in [1.165, 1.54) is 0 Å². The fourth-order valence-electron chi connectivity index (χ4n) is 1.89. The predicted molar refractivity (Wildman–Crippen MR) is 68.7 cm³/mol. The number of nitrogens with zero attached hydrogens (tertiary/aromatic N) is 2. The zero-order chi connectivity index (χ0) is 11.5. The fraction of sp³-hybridized carbons (Fsp3) is 0. The third kappa shape index (κ3) is 1.83. The molecule has 0 amide bonds. The van der Waals surface area contributed by atoms with Crippen LogP contribution in [-0.2, 0) is 0 Å². The van der Waals surface area contributed by atoms with Crippen LogP contribution < -0.4 is 0 Å². The van der Waals surface area contributed by atoms with Gasteiger partial charge in [0.05, 0.1) is 5.70 Å². The highest BCUT2D eigenvalue weighted by molar-refractivity contribution is 5.87. The molecule has 0 spiro atoms. The van der Waals surface area contributed by atoms with Crippen molar-refractivity contribution in [2.24, 2.45) is 4.99 Å². The normalized spacial score (nSPS) is 16.5. The van der Waals surface area contributed by atoms with Crippen LogP contribution in [0.15, 0.2) is 65.7 Å². The SMILES string of the molecule is C1=CC(=C(c2ccncc2)c2ccc[nH]2)N=C1. The Kier molecular flexibility index (Phi) is 2.43. The maximum atomic E-state index is 4.37. The van der Waals surface area contributed by atoms with Crippen LogP contribution >= 0.6 is 0 Å². The van der Waals surface area contributed by atoms with Crippen molar-refractivity contribution in [2.75, 3.05) is 0 Å². The Labute approximate surface area is 99.3 Å². The first-order valence-electron chi connectivity index (χ1n) is 5.44. The highest BCUT2D eigenvalue weighted by atomic mass is 14.8. The average Bonchev–Trinajstić information content (AvgIpc) is 3.04. The van der Waals surface area contributed by atoms with Crippen molar-refractivity contribution in [3.8, 4) is 0 Å². The Morgan fingerprint density at radius 1 is 1.12 bits per heavy atom. The molecule has 0 aromatic carbocycles. The summed E-state index contributed by atoms with van der Waals surface area (Å²) in [6.45, 7) is 0. The molecule has 0 saturated heterocycles. The van der Waals surface area contributed by atoms with Crippen LogP contribution in [-0.4, -0.2) is 16.2 Å². The van der Waals surface area contributed by atoms with Crippen LogP contribution in [0.2, 0.25) is 0 Å². The first kappa shape index (κ1) is 9.78. The molecule has 1 aliphatic rings. The Hall–Kier alpha value is -2.42. The lowest BCUT2D eigenvalue weighted by molar-refractivity contribution is 1.28. The number of allylic oxidation sites excluding steroid dienone is 2. The first-order chi connectivity index (χ1) is 8.45. The summed E-state index contributed by atoms with van der Waals surface area (Å²) in [6.07, 6.45) is 11.3. The van der Waals surface area contributed by atoms with Gasteiger partial charge in [-0.15, -0.1) is 0 Å². The molecule has 82 valence electrons. The molecular weight excluding hydrogens is 210 g/mol. The largest absolute Gasteiger partial charge is 0.361 e. The van der Waals surface area contributed by atoms with Crippen molar-refractivity contribution in [1.29, 1.82) is 0 Å². The molecule has 0 bridgehead atoms. The molecule has 3 nitrogen and oxygen atoms in total. The lowest BCUT2D eigenvalue weighted by Crippen LogP contribution is -1.91. The van der Waals surface area contributed by atoms with E-state index in [1.54, 1.807) is 18.6 Å².